The molecule has 1 aliphatic rings. The Morgan fingerprint density at radius 1 is 1.04 bits per heavy atom. The van der Waals surface area contributed by atoms with Gasteiger partial charge in [0.25, 0.3) is 0 Å². The summed E-state index contributed by atoms with van der Waals surface area (Å²) >= 11 is 0. The predicted octanol–water partition coefficient (Wildman–Crippen LogP) is 2.54. The molecule has 1 amide bonds. The lowest BCUT2D eigenvalue weighted by atomic mass is 9.91. The zero-order valence-electron chi connectivity index (χ0n) is 15.9. The third-order valence-corrected chi connectivity index (χ3v) is 4.15. The first-order valence-corrected chi connectivity index (χ1v) is 8.52. The zero-order chi connectivity index (χ0) is 17.8. The number of hydrogen-bond donors (Lipinski definition) is 0. The molecule has 0 aromatic heterocycles. The van der Waals surface area contributed by atoms with Gasteiger partial charge in [0, 0.05) is 26.1 Å². The zero-order valence-corrected chi connectivity index (χ0v) is 15.9. The molecule has 0 spiro atoms. The van der Waals surface area contributed by atoms with Gasteiger partial charge in [-0.2, -0.15) is 0 Å². The fourth-order valence-electron chi connectivity index (χ4n) is 2.72. The van der Waals surface area contributed by atoms with E-state index in [1.54, 1.807) is 0 Å². The van der Waals surface area contributed by atoms with Gasteiger partial charge in [-0.05, 0) is 23.8 Å². The van der Waals surface area contributed by atoms with Crippen LogP contribution in [0.2, 0.25) is 0 Å². The second kappa shape index (κ2) is 7.65. The monoisotopic (exact) mass is 326 g/mol. The Morgan fingerprint density at radius 2 is 1.65 bits per heavy atom. The Bertz CT molecular complexity index is 421. The first kappa shape index (κ1) is 19.9. The van der Waals surface area contributed by atoms with E-state index >= 15 is 0 Å². The number of nitrogens with zero attached hydrogens (tertiary/aromatic N) is 2. The highest BCUT2D eigenvalue weighted by Crippen LogP contribution is 2.23. The van der Waals surface area contributed by atoms with Crippen molar-refractivity contribution in [2.45, 2.75) is 60.4 Å². The fourth-order valence-corrected chi connectivity index (χ4v) is 2.72. The lowest BCUT2D eigenvalue weighted by Crippen LogP contribution is -2.58. The Kier molecular flexibility index (Phi) is 6.63. The molecule has 134 valence electrons. The highest BCUT2D eigenvalue weighted by Gasteiger charge is 2.35. The summed E-state index contributed by atoms with van der Waals surface area (Å²) in [7, 11) is 1.42. The molecular formula is C18H34N2O3. The largest absolute Gasteiger partial charge is 0.468 e. The second-order valence-electron chi connectivity index (χ2n) is 8.96. The molecule has 5 nitrogen and oxygen atoms in total. The molecule has 1 saturated heterocycles. The molecule has 0 saturated carbocycles. The van der Waals surface area contributed by atoms with Crippen LogP contribution in [-0.2, 0) is 14.3 Å². The summed E-state index contributed by atoms with van der Waals surface area (Å²) in [6.07, 6.45) is 1.51. The molecule has 23 heavy (non-hydrogen) atoms. The van der Waals surface area contributed by atoms with Crippen LogP contribution in [0.15, 0.2) is 0 Å². The van der Waals surface area contributed by atoms with Crippen molar-refractivity contribution in [3.05, 3.63) is 0 Å². The fraction of sp³-hybridized carbons (Fsp3) is 0.889. The third-order valence-electron chi connectivity index (χ3n) is 4.15. The maximum Gasteiger partial charge on any atom is 0.324 e. The van der Waals surface area contributed by atoms with E-state index in [2.05, 4.69) is 46.4 Å². The van der Waals surface area contributed by atoms with Crippen LogP contribution in [0, 0.1) is 10.8 Å². The number of carbonyl (C=O) groups is 2. The standard InChI is InChI=1S/C18H34N2O3/c1-17(2,3)8-9-19-10-11-20(13-14(19)16(22)23-7)15(21)12-18(4,5)6/h14H,8-13H2,1-7H3/t14-/m0/s1. The van der Waals surface area contributed by atoms with Gasteiger partial charge in [-0.15, -0.1) is 0 Å². The number of piperazine rings is 1. The highest BCUT2D eigenvalue weighted by molar-refractivity contribution is 5.80. The SMILES string of the molecule is COC(=O)[C@@H]1CN(C(=O)CC(C)(C)C)CCN1CCC(C)(C)C. The van der Waals surface area contributed by atoms with Gasteiger partial charge in [-0.25, -0.2) is 0 Å². The molecule has 1 aliphatic heterocycles. The predicted molar refractivity (Wildman–Crippen MR) is 92.1 cm³/mol. The van der Waals surface area contributed by atoms with E-state index in [0.717, 1.165) is 19.5 Å². The number of carbonyl (C=O) groups excluding carboxylic acids is 2. The molecule has 5 heteroatoms. The Balaban J connectivity index is 2.73. The first-order chi connectivity index (χ1) is 10.4. The normalized spacial score (nSPS) is 20.5. The van der Waals surface area contributed by atoms with Gasteiger partial charge in [0.15, 0.2) is 0 Å². The third kappa shape index (κ3) is 6.90. The second-order valence-corrected chi connectivity index (χ2v) is 8.96. The minimum absolute atomic E-state index is 0.0405. The summed E-state index contributed by atoms with van der Waals surface area (Å²) in [5, 5.41) is 0. The maximum absolute atomic E-state index is 12.4. The van der Waals surface area contributed by atoms with Crippen LogP contribution in [0.25, 0.3) is 0 Å². The Morgan fingerprint density at radius 3 is 2.13 bits per heavy atom. The van der Waals surface area contributed by atoms with Crippen molar-refractivity contribution in [3.8, 4) is 0 Å². The van der Waals surface area contributed by atoms with Crippen molar-refractivity contribution in [1.29, 1.82) is 0 Å². The topological polar surface area (TPSA) is 49.9 Å². The van der Waals surface area contributed by atoms with Gasteiger partial charge in [0.1, 0.15) is 6.04 Å². The molecule has 1 heterocycles. The molecule has 0 N–H and O–H groups in total. The number of rotatable bonds is 4. The van der Waals surface area contributed by atoms with E-state index < -0.39 is 0 Å². The molecule has 1 atom stereocenters. The van der Waals surface area contributed by atoms with Crippen LogP contribution < -0.4 is 0 Å². The molecule has 0 bridgehead atoms. The van der Waals surface area contributed by atoms with Crippen molar-refractivity contribution in [1.82, 2.24) is 9.80 Å². The molecule has 1 rings (SSSR count). The molecule has 0 unspecified atom stereocenters. The van der Waals surface area contributed by atoms with E-state index in [-0.39, 0.29) is 28.7 Å². The van der Waals surface area contributed by atoms with E-state index in [9.17, 15) is 9.59 Å². The van der Waals surface area contributed by atoms with E-state index in [1.807, 2.05) is 4.90 Å². The van der Waals surface area contributed by atoms with Crippen LogP contribution in [0.3, 0.4) is 0 Å². The number of methoxy groups -OCH3 is 1. The average molecular weight is 326 g/mol. The number of amides is 1. The van der Waals surface area contributed by atoms with E-state index in [1.165, 1.54) is 7.11 Å². The van der Waals surface area contributed by atoms with Crippen LogP contribution in [0.5, 0.6) is 0 Å². The lowest BCUT2D eigenvalue weighted by Gasteiger charge is -2.41. The average Bonchev–Trinajstić information content (AvgIpc) is 2.41. The van der Waals surface area contributed by atoms with Gasteiger partial charge in [0.05, 0.1) is 7.11 Å². The van der Waals surface area contributed by atoms with Crippen LogP contribution in [0.1, 0.15) is 54.4 Å². The minimum Gasteiger partial charge on any atom is -0.468 e. The smallest absolute Gasteiger partial charge is 0.324 e. The number of esters is 1. The highest BCUT2D eigenvalue weighted by atomic mass is 16.5. The van der Waals surface area contributed by atoms with Gasteiger partial charge in [0.2, 0.25) is 5.91 Å². The van der Waals surface area contributed by atoms with Crippen molar-refractivity contribution >= 4 is 11.9 Å². The molecular weight excluding hydrogens is 292 g/mol. The number of ether oxygens (including phenoxy) is 1. The van der Waals surface area contributed by atoms with Gasteiger partial charge >= 0.3 is 5.97 Å². The lowest BCUT2D eigenvalue weighted by molar-refractivity contribution is -0.152. The Labute approximate surface area is 141 Å². The van der Waals surface area contributed by atoms with Crippen LogP contribution >= 0.6 is 0 Å². The van der Waals surface area contributed by atoms with Crippen molar-refractivity contribution in [2.24, 2.45) is 10.8 Å². The molecule has 1 fully saturated rings. The van der Waals surface area contributed by atoms with Crippen LogP contribution in [-0.4, -0.2) is 61.0 Å². The minimum atomic E-state index is -0.347. The summed E-state index contributed by atoms with van der Waals surface area (Å²) in [5.41, 5.74) is 0.182. The summed E-state index contributed by atoms with van der Waals surface area (Å²) in [4.78, 5) is 28.6. The number of hydrogen-bond acceptors (Lipinski definition) is 4. The van der Waals surface area contributed by atoms with Gasteiger partial charge in [-0.1, -0.05) is 41.5 Å². The van der Waals surface area contributed by atoms with Gasteiger partial charge in [-0.3, -0.25) is 14.5 Å². The Hall–Kier alpha value is -1.10. The summed E-state index contributed by atoms with van der Waals surface area (Å²) in [6, 6.07) is -0.347. The quantitative estimate of drug-likeness (QED) is 0.745. The van der Waals surface area contributed by atoms with Crippen molar-refractivity contribution in [3.63, 3.8) is 0 Å². The molecule has 0 radical (unpaired) electrons. The van der Waals surface area contributed by atoms with Crippen molar-refractivity contribution in [2.75, 3.05) is 33.3 Å². The first-order valence-electron chi connectivity index (χ1n) is 8.52. The molecule has 0 aromatic rings. The van der Waals surface area contributed by atoms with Crippen molar-refractivity contribution < 1.29 is 14.3 Å². The summed E-state index contributed by atoms with van der Waals surface area (Å²) in [5.74, 6) is -0.117. The van der Waals surface area contributed by atoms with E-state index in [4.69, 9.17) is 4.74 Å². The summed E-state index contributed by atoms with van der Waals surface area (Å²) < 4.78 is 4.96. The van der Waals surface area contributed by atoms with Crippen LogP contribution in [0.4, 0.5) is 0 Å². The summed E-state index contributed by atoms with van der Waals surface area (Å²) in [6.45, 7) is 15.5. The maximum atomic E-state index is 12.4. The molecule has 0 aliphatic carbocycles. The molecule has 0 aromatic carbocycles. The van der Waals surface area contributed by atoms with Gasteiger partial charge < -0.3 is 9.64 Å². The van der Waals surface area contributed by atoms with E-state index in [0.29, 0.717) is 19.5 Å².